The van der Waals surface area contributed by atoms with E-state index in [1.54, 1.807) is 0 Å². The second-order valence-electron chi connectivity index (χ2n) is 5.92. The zero-order valence-electron chi connectivity index (χ0n) is 13.9. The fourth-order valence-corrected chi connectivity index (χ4v) is 2.41. The van der Waals surface area contributed by atoms with E-state index in [0.717, 1.165) is 24.5 Å². The van der Waals surface area contributed by atoms with Crippen LogP contribution in [0.25, 0.3) is 0 Å². The van der Waals surface area contributed by atoms with Crippen LogP contribution >= 0.6 is 0 Å². The highest BCUT2D eigenvalue weighted by Crippen LogP contribution is 2.17. The van der Waals surface area contributed by atoms with Crippen molar-refractivity contribution >= 4 is 11.4 Å². The summed E-state index contributed by atoms with van der Waals surface area (Å²) in [5.74, 6) is 0.911. The molecular formula is C19H26N2O. The average molecular weight is 298 g/mol. The van der Waals surface area contributed by atoms with E-state index in [4.69, 9.17) is 4.74 Å². The zero-order chi connectivity index (χ0) is 15.9. The first-order valence-corrected chi connectivity index (χ1v) is 7.86. The van der Waals surface area contributed by atoms with Gasteiger partial charge in [0.05, 0.1) is 6.10 Å². The van der Waals surface area contributed by atoms with Gasteiger partial charge in [0.25, 0.3) is 0 Å². The Kier molecular flexibility index (Phi) is 5.70. The van der Waals surface area contributed by atoms with E-state index in [9.17, 15) is 0 Å². The van der Waals surface area contributed by atoms with Crippen LogP contribution < -0.4 is 15.4 Å². The predicted octanol–water partition coefficient (Wildman–Crippen LogP) is 4.61. The summed E-state index contributed by atoms with van der Waals surface area (Å²) in [6.07, 6.45) is 0.209. The van der Waals surface area contributed by atoms with Crippen molar-refractivity contribution in [1.82, 2.24) is 0 Å². The van der Waals surface area contributed by atoms with Crippen molar-refractivity contribution in [1.29, 1.82) is 0 Å². The fraction of sp³-hybridized carbons (Fsp3) is 0.368. The number of ether oxygens (including phenoxy) is 1. The van der Waals surface area contributed by atoms with Crippen molar-refractivity contribution in [3.63, 3.8) is 0 Å². The molecule has 3 nitrogen and oxygen atoms in total. The Bertz CT molecular complexity index is 571. The van der Waals surface area contributed by atoms with Crippen LogP contribution in [-0.4, -0.2) is 19.2 Å². The van der Waals surface area contributed by atoms with Gasteiger partial charge in [0, 0.05) is 24.5 Å². The monoisotopic (exact) mass is 298 g/mol. The largest absolute Gasteiger partial charge is 0.491 e. The number of rotatable bonds is 7. The normalized spacial score (nSPS) is 10.6. The first-order chi connectivity index (χ1) is 10.5. The van der Waals surface area contributed by atoms with Gasteiger partial charge in [0.15, 0.2) is 0 Å². The van der Waals surface area contributed by atoms with Gasteiger partial charge in [-0.15, -0.1) is 0 Å². The van der Waals surface area contributed by atoms with Crippen LogP contribution in [0.4, 0.5) is 11.4 Å². The minimum absolute atomic E-state index is 0.209. The molecule has 0 saturated heterocycles. The lowest BCUT2D eigenvalue weighted by molar-refractivity contribution is 0.242. The molecule has 2 N–H and O–H groups in total. The maximum Gasteiger partial charge on any atom is 0.119 e. The average Bonchev–Trinajstić information content (AvgIpc) is 2.44. The lowest BCUT2D eigenvalue weighted by Crippen LogP contribution is -2.13. The second-order valence-corrected chi connectivity index (χ2v) is 5.92. The third kappa shape index (κ3) is 5.32. The van der Waals surface area contributed by atoms with Crippen LogP contribution in [0, 0.1) is 13.8 Å². The molecule has 0 aliphatic carbocycles. The summed E-state index contributed by atoms with van der Waals surface area (Å²) in [6, 6.07) is 14.6. The van der Waals surface area contributed by atoms with E-state index in [1.165, 1.54) is 16.8 Å². The third-order valence-corrected chi connectivity index (χ3v) is 3.23. The van der Waals surface area contributed by atoms with Crippen LogP contribution in [0.2, 0.25) is 0 Å². The number of nitrogens with one attached hydrogen (secondary N) is 2. The molecule has 2 aromatic rings. The molecule has 2 aromatic carbocycles. The molecule has 2 rings (SSSR count). The molecular weight excluding hydrogens is 272 g/mol. The van der Waals surface area contributed by atoms with Crippen LogP contribution in [0.1, 0.15) is 25.0 Å². The zero-order valence-corrected chi connectivity index (χ0v) is 13.9. The van der Waals surface area contributed by atoms with Crippen molar-refractivity contribution in [3.05, 3.63) is 53.6 Å². The molecule has 0 unspecified atom stereocenters. The molecule has 0 heterocycles. The van der Waals surface area contributed by atoms with E-state index in [1.807, 2.05) is 26.0 Å². The molecule has 118 valence electrons. The molecule has 0 aliphatic rings. The molecule has 0 bridgehead atoms. The molecule has 0 fully saturated rings. The van der Waals surface area contributed by atoms with Crippen molar-refractivity contribution in [2.24, 2.45) is 0 Å². The SMILES string of the molecule is Cc1cc(C)cc(NCCNc2ccc(OC(C)C)cc2)c1. The highest BCUT2D eigenvalue weighted by molar-refractivity contribution is 5.49. The van der Waals surface area contributed by atoms with Gasteiger partial charge in [-0.25, -0.2) is 0 Å². The fourth-order valence-electron chi connectivity index (χ4n) is 2.41. The second kappa shape index (κ2) is 7.74. The lowest BCUT2D eigenvalue weighted by Gasteiger charge is -2.12. The van der Waals surface area contributed by atoms with Crippen LogP contribution in [0.5, 0.6) is 5.75 Å². The summed E-state index contributed by atoms with van der Waals surface area (Å²) in [6.45, 7) is 10.1. The van der Waals surface area contributed by atoms with Crippen molar-refractivity contribution in [3.8, 4) is 5.75 Å². The smallest absolute Gasteiger partial charge is 0.119 e. The maximum atomic E-state index is 5.63. The highest BCUT2D eigenvalue weighted by Gasteiger charge is 1.98. The Morgan fingerprint density at radius 3 is 1.91 bits per heavy atom. The maximum absolute atomic E-state index is 5.63. The number of hydrogen-bond acceptors (Lipinski definition) is 3. The third-order valence-electron chi connectivity index (χ3n) is 3.23. The van der Waals surface area contributed by atoms with Crippen LogP contribution in [0.15, 0.2) is 42.5 Å². The highest BCUT2D eigenvalue weighted by atomic mass is 16.5. The number of benzene rings is 2. The molecule has 0 aliphatic heterocycles. The minimum Gasteiger partial charge on any atom is -0.491 e. The topological polar surface area (TPSA) is 33.3 Å². The molecule has 0 atom stereocenters. The summed E-state index contributed by atoms with van der Waals surface area (Å²) in [7, 11) is 0. The Hall–Kier alpha value is -2.16. The van der Waals surface area contributed by atoms with Crippen LogP contribution in [0.3, 0.4) is 0 Å². The Morgan fingerprint density at radius 2 is 1.36 bits per heavy atom. The molecule has 0 amide bonds. The Labute approximate surface area is 133 Å². The quantitative estimate of drug-likeness (QED) is 0.732. The lowest BCUT2D eigenvalue weighted by atomic mass is 10.1. The van der Waals surface area contributed by atoms with Gasteiger partial charge in [-0.2, -0.15) is 0 Å². The predicted molar refractivity (Wildman–Crippen MR) is 95.1 cm³/mol. The van der Waals surface area contributed by atoms with Gasteiger partial charge in [0.2, 0.25) is 0 Å². The first kappa shape index (κ1) is 16.2. The molecule has 22 heavy (non-hydrogen) atoms. The molecule has 0 spiro atoms. The van der Waals surface area contributed by atoms with Gasteiger partial charge in [-0.3, -0.25) is 0 Å². The van der Waals surface area contributed by atoms with E-state index in [-0.39, 0.29) is 6.10 Å². The Balaban J connectivity index is 1.76. The summed E-state index contributed by atoms with van der Waals surface area (Å²) < 4.78 is 5.63. The summed E-state index contributed by atoms with van der Waals surface area (Å²) in [5, 5.41) is 6.85. The van der Waals surface area contributed by atoms with Crippen molar-refractivity contribution in [2.45, 2.75) is 33.8 Å². The van der Waals surface area contributed by atoms with Crippen molar-refractivity contribution < 1.29 is 4.74 Å². The molecule has 3 heteroatoms. The van der Waals surface area contributed by atoms with Gasteiger partial charge in [-0.1, -0.05) is 6.07 Å². The molecule has 0 aromatic heterocycles. The Morgan fingerprint density at radius 1 is 0.818 bits per heavy atom. The standard InChI is InChI=1S/C19H26N2O/c1-14(2)22-19-7-5-17(6-8-19)20-9-10-21-18-12-15(3)11-16(4)13-18/h5-8,11-14,20-21H,9-10H2,1-4H3. The minimum atomic E-state index is 0.209. The van der Waals surface area contributed by atoms with Gasteiger partial charge in [-0.05, 0) is 75.2 Å². The van der Waals surface area contributed by atoms with Crippen LogP contribution in [-0.2, 0) is 0 Å². The summed E-state index contributed by atoms with van der Waals surface area (Å²) in [5.41, 5.74) is 4.87. The van der Waals surface area contributed by atoms with Gasteiger partial charge in [0.1, 0.15) is 5.75 Å². The van der Waals surface area contributed by atoms with E-state index >= 15 is 0 Å². The number of aryl methyl sites for hydroxylation is 2. The molecule has 0 saturated carbocycles. The van der Waals surface area contributed by atoms with E-state index in [0.29, 0.717) is 0 Å². The van der Waals surface area contributed by atoms with Gasteiger partial charge < -0.3 is 15.4 Å². The summed E-state index contributed by atoms with van der Waals surface area (Å²) >= 11 is 0. The van der Waals surface area contributed by atoms with Gasteiger partial charge >= 0.3 is 0 Å². The number of anilines is 2. The summed E-state index contributed by atoms with van der Waals surface area (Å²) in [4.78, 5) is 0. The van der Waals surface area contributed by atoms with E-state index < -0.39 is 0 Å². The molecule has 0 radical (unpaired) electrons. The number of hydrogen-bond donors (Lipinski definition) is 2. The first-order valence-electron chi connectivity index (χ1n) is 7.86. The van der Waals surface area contributed by atoms with Crippen molar-refractivity contribution in [2.75, 3.05) is 23.7 Å². The van der Waals surface area contributed by atoms with E-state index in [2.05, 4.69) is 54.8 Å².